The van der Waals surface area contributed by atoms with Gasteiger partial charge >= 0.3 is 35.6 Å². The minimum Gasteiger partial charge on any atom is -0.724 e. The minimum absolute atomic E-state index is 0. The Morgan fingerprint density at radius 3 is 2.71 bits per heavy atom. The van der Waals surface area contributed by atoms with E-state index in [0.29, 0.717) is 23.9 Å². The van der Waals surface area contributed by atoms with E-state index in [2.05, 4.69) is 19.7 Å². The standard InChI is InChI=1S/C8H12N6O5S.Na/c1-12-10-7(9-11-12)5-2-3-13-4-6(5)14(8(13)15)19-20(16,17)18;/h5-6H,2-4H2,1H3,(H,16,17,18);/q;+1/p-1/t5-,6+;/m1./s1. The number of aryl methyl sites for hydroxylation is 1. The van der Waals surface area contributed by atoms with E-state index in [1.165, 1.54) is 9.70 Å². The topological polar surface area (TPSA) is 134 Å². The van der Waals surface area contributed by atoms with Crippen LogP contribution in [0.15, 0.2) is 0 Å². The summed E-state index contributed by atoms with van der Waals surface area (Å²) in [6, 6.07) is -1.26. The van der Waals surface area contributed by atoms with E-state index in [4.69, 9.17) is 0 Å². The molecule has 0 radical (unpaired) electrons. The van der Waals surface area contributed by atoms with Gasteiger partial charge in [-0.2, -0.15) is 14.1 Å². The fourth-order valence-corrected chi connectivity index (χ4v) is 2.93. The van der Waals surface area contributed by atoms with Gasteiger partial charge in [0, 0.05) is 19.0 Å². The number of rotatable bonds is 3. The van der Waals surface area contributed by atoms with Crippen molar-refractivity contribution < 1.29 is 51.6 Å². The summed E-state index contributed by atoms with van der Waals surface area (Å²) in [6.45, 7) is 0.675. The molecule has 1 aromatic heterocycles. The van der Waals surface area contributed by atoms with Crippen LogP contribution in [0.3, 0.4) is 0 Å². The van der Waals surface area contributed by atoms with Gasteiger partial charge in [0.25, 0.3) is 0 Å². The monoisotopic (exact) mass is 326 g/mol. The van der Waals surface area contributed by atoms with Crippen molar-refractivity contribution in [3.63, 3.8) is 0 Å². The molecule has 0 N–H and O–H groups in total. The van der Waals surface area contributed by atoms with E-state index < -0.39 is 22.5 Å². The zero-order valence-electron chi connectivity index (χ0n) is 11.4. The predicted molar refractivity (Wildman–Crippen MR) is 59.5 cm³/mol. The Morgan fingerprint density at radius 1 is 1.43 bits per heavy atom. The molecule has 2 bridgehead atoms. The first-order valence-corrected chi connectivity index (χ1v) is 7.16. The van der Waals surface area contributed by atoms with Crippen molar-refractivity contribution in [2.45, 2.75) is 18.4 Å². The Bertz CT molecular complexity index is 649. The molecule has 0 spiro atoms. The number of hydrogen-bond acceptors (Lipinski definition) is 8. The van der Waals surface area contributed by atoms with Crippen LogP contribution in [0.1, 0.15) is 18.2 Å². The molecule has 2 aliphatic rings. The van der Waals surface area contributed by atoms with E-state index >= 15 is 0 Å². The molecular weight excluding hydrogens is 315 g/mol. The van der Waals surface area contributed by atoms with Gasteiger partial charge in [-0.15, -0.1) is 10.2 Å². The molecule has 21 heavy (non-hydrogen) atoms. The Morgan fingerprint density at radius 2 is 2.14 bits per heavy atom. The van der Waals surface area contributed by atoms with Crippen molar-refractivity contribution in [1.29, 1.82) is 0 Å². The molecule has 11 nitrogen and oxygen atoms in total. The summed E-state index contributed by atoms with van der Waals surface area (Å²) < 4.78 is 36.5. The number of tetrazole rings is 1. The molecule has 0 aromatic carbocycles. The summed E-state index contributed by atoms with van der Waals surface area (Å²) in [5.41, 5.74) is 0. The second-order valence-corrected chi connectivity index (χ2v) is 5.60. The van der Waals surface area contributed by atoms with Gasteiger partial charge in [0.05, 0.1) is 13.1 Å². The molecular formula is C8H11N6NaO5S. The minimum atomic E-state index is -5.01. The van der Waals surface area contributed by atoms with Crippen molar-refractivity contribution in [2.75, 3.05) is 13.1 Å². The van der Waals surface area contributed by atoms with Crippen LogP contribution >= 0.6 is 0 Å². The van der Waals surface area contributed by atoms with Gasteiger partial charge in [-0.05, 0) is 11.6 Å². The van der Waals surface area contributed by atoms with Gasteiger partial charge in [0.2, 0.25) is 10.4 Å². The van der Waals surface area contributed by atoms with E-state index in [1.807, 2.05) is 0 Å². The van der Waals surface area contributed by atoms with Gasteiger partial charge in [0.15, 0.2) is 5.82 Å². The van der Waals surface area contributed by atoms with Crippen molar-refractivity contribution in [2.24, 2.45) is 7.05 Å². The molecule has 0 aliphatic carbocycles. The fraction of sp³-hybridized carbons (Fsp3) is 0.750. The number of fused-ring (bicyclic) bond motifs is 2. The molecule has 2 saturated heterocycles. The first-order chi connectivity index (χ1) is 9.35. The number of amides is 2. The second-order valence-electron chi connectivity index (χ2n) is 4.64. The molecule has 2 amide bonds. The van der Waals surface area contributed by atoms with Crippen molar-refractivity contribution in [1.82, 2.24) is 30.2 Å². The number of hydroxylamine groups is 2. The summed E-state index contributed by atoms with van der Waals surface area (Å²) in [4.78, 5) is 14.6. The third-order valence-corrected chi connectivity index (χ3v) is 3.71. The number of urea groups is 1. The van der Waals surface area contributed by atoms with Gasteiger partial charge in [0.1, 0.15) is 0 Å². The number of piperidine rings is 1. The molecule has 1 aromatic rings. The average Bonchev–Trinajstić information content (AvgIpc) is 2.88. The molecule has 13 heteroatoms. The largest absolute Gasteiger partial charge is 1.00 e. The van der Waals surface area contributed by atoms with Crippen LogP contribution in [0.2, 0.25) is 0 Å². The maximum absolute atomic E-state index is 11.9. The van der Waals surface area contributed by atoms with Gasteiger partial charge in [-0.3, -0.25) is 0 Å². The quantitative estimate of drug-likeness (QED) is 0.307. The molecule has 2 aliphatic heterocycles. The molecule has 0 saturated carbocycles. The molecule has 3 heterocycles. The first kappa shape index (κ1) is 16.6. The van der Waals surface area contributed by atoms with E-state index in [1.54, 1.807) is 7.05 Å². The van der Waals surface area contributed by atoms with Crippen molar-refractivity contribution in [3.8, 4) is 0 Å². The molecule has 110 valence electrons. The van der Waals surface area contributed by atoms with Crippen LogP contribution in [-0.2, 0) is 21.7 Å². The Balaban J connectivity index is 0.00000161. The van der Waals surface area contributed by atoms with E-state index in [9.17, 15) is 17.8 Å². The van der Waals surface area contributed by atoms with Crippen LogP contribution in [-0.4, -0.2) is 68.3 Å². The zero-order valence-corrected chi connectivity index (χ0v) is 14.2. The molecule has 2 fully saturated rings. The van der Waals surface area contributed by atoms with E-state index in [-0.39, 0.29) is 42.0 Å². The van der Waals surface area contributed by atoms with Crippen molar-refractivity contribution >= 4 is 16.4 Å². The number of hydrogen-bond donors (Lipinski definition) is 0. The zero-order chi connectivity index (χ0) is 14.5. The maximum Gasteiger partial charge on any atom is 1.00 e. The normalized spacial score (nSPS) is 25.1. The van der Waals surface area contributed by atoms with Crippen molar-refractivity contribution in [3.05, 3.63) is 5.82 Å². The Labute approximate surface area is 142 Å². The van der Waals surface area contributed by atoms with Crippen LogP contribution in [0.25, 0.3) is 0 Å². The number of aromatic nitrogens is 4. The fourth-order valence-electron chi connectivity index (χ4n) is 2.56. The van der Waals surface area contributed by atoms with Gasteiger partial charge in [-0.1, -0.05) is 0 Å². The van der Waals surface area contributed by atoms with Crippen LogP contribution in [0, 0.1) is 0 Å². The summed E-state index contributed by atoms with van der Waals surface area (Å²) in [5.74, 6) is 0.0666. The van der Waals surface area contributed by atoms with Crippen LogP contribution in [0.5, 0.6) is 0 Å². The van der Waals surface area contributed by atoms with Gasteiger partial charge < -0.3 is 9.45 Å². The predicted octanol–water partition coefficient (Wildman–Crippen LogP) is -4.80. The third-order valence-electron chi connectivity index (χ3n) is 3.37. The number of carbonyl (C=O) groups excluding carboxylic acids is 1. The molecule has 2 atom stereocenters. The maximum atomic E-state index is 11.9. The Kier molecular flexibility index (Phi) is 4.56. The SMILES string of the molecule is Cn1nnc([C@@H]2CCN3C[C@@H]2N(OS(=O)(=O)[O-])C3=O)n1.[Na+]. The Hall–Kier alpha value is -0.790. The summed E-state index contributed by atoms with van der Waals surface area (Å²) in [6.07, 6.45) is 0.543. The smallest absolute Gasteiger partial charge is 0.724 e. The molecule has 3 rings (SSSR count). The number of nitrogens with zero attached hydrogens (tertiary/aromatic N) is 6. The van der Waals surface area contributed by atoms with Crippen LogP contribution < -0.4 is 29.6 Å². The molecule has 0 unspecified atom stereocenters. The second kappa shape index (κ2) is 5.78. The average molecular weight is 326 g/mol. The van der Waals surface area contributed by atoms with Crippen LogP contribution in [0.4, 0.5) is 4.79 Å². The summed E-state index contributed by atoms with van der Waals surface area (Å²) in [7, 11) is -3.41. The summed E-state index contributed by atoms with van der Waals surface area (Å²) >= 11 is 0. The summed E-state index contributed by atoms with van der Waals surface area (Å²) in [5, 5.41) is 12.3. The van der Waals surface area contributed by atoms with E-state index in [0.717, 1.165) is 0 Å². The third kappa shape index (κ3) is 3.19. The van der Waals surface area contributed by atoms with Gasteiger partial charge in [-0.25, -0.2) is 13.2 Å². The number of carbonyl (C=O) groups is 1. The first-order valence-electron chi connectivity index (χ1n) is 5.82.